The zero-order valence-corrected chi connectivity index (χ0v) is 16.9. The number of rotatable bonds is 8. The van der Waals surface area contributed by atoms with Crippen molar-refractivity contribution in [1.29, 1.82) is 0 Å². The topological polar surface area (TPSA) is 113 Å². The number of thiazole rings is 1. The first-order chi connectivity index (χ1) is 13.4. The van der Waals surface area contributed by atoms with Crippen molar-refractivity contribution in [2.24, 2.45) is 5.92 Å². The second-order valence-electron chi connectivity index (χ2n) is 7.00. The number of hydrogen-bond acceptors (Lipinski definition) is 6. The van der Waals surface area contributed by atoms with Crippen LogP contribution < -0.4 is 5.32 Å². The number of nitrogens with zero attached hydrogens (tertiary/aromatic N) is 1. The zero-order chi connectivity index (χ0) is 20.1. The van der Waals surface area contributed by atoms with E-state index in [2.05, 4.69) is 10.3 Å². The Bertz CT molecular complexity index is 907. The van der Waals surface area contributed by atoms with Gasteiger partial charge in [0, 0.05) is 5.38 Å². The molecule has 1 unspecified atom stereocenters. The molecule has 1 fully saturated rings. The second kappa shape index (κ2) is 9.29. The highest BCUT2D eigenvalue weighted by Crippen LogP contribution is 2.35. The first kappa shape index (κ1) is 20.5. The molecule has 1 heterocycles. The van der Waals surface area contributed by atoms with Crippen molar-refractivity contribution < 1.29 is 23.1 Å². The fourth-order valence-corrected chi connectivity index (χ4v) is 4.80. The Morgan fingerprint density at radius 2 is 1.89 bits per heavy atom. The molecule has 1 aliphatic rings. The number of anilines is 1. The third kappa shape index (κ3) is 5.39. The first-order valence-electron chi connectivity index (χ1n) is 9.12. The van der Waals surface area contributed by atoms with Crippen molar-refractivity contribution in [1.82, 2.24) is 4.98 Å². The fraction of sp³-hybridized carbons (Fsp3) is 0.421. The van der Waals surface area contributed by atoms with Gasteiger partial charge in [0.05, 0.1) is 11.7 Å². The number of benzene rings is 1. The van der Waals surface area contributed by atoms with Crippen molar-refractivity contribution in [3.63, 3.8) is 0 Å². The lowest BCUT2D eigenvalue weighted by Crippen LogP contribution is -2.23. The van der Waals surface area contributed by atoms with E-state index in [1.54, 1.807) is 24.3 Å². The normalized spacial score (nSPS) is 15.6. The number of aromatic carboxylic acids is 1. The minimum atomic E-state index is -2.50. The molecule has 1 aromatic heterocycles. The van der Waals surface area contributed by atoms with Crippen LogP contribution in [0, 0.1) is 5.92 Å². The van der Waals surface area contributed by atoms with Crippen LogP contribution in [0.3, 0.4) is 0 Å². The molecule has 2 aromatic rings. The molecule has 0 aliphatic heterocycles. The zero-order valence-electron chi connectivity index (χ0n) is 15.2. The summed E-state index contributed by atoms with van der Waals surface area (Å²) in [5, 5.41) is 13.4. The van der Waals surface area contributed by atoms with Crippen LogP contribution in [-0.4, -0.2) is 30.4 Å². The summed E-state index contributed by atoms with van der Waals surface area (Å²) in [5.74, 6) is -1.30. The molecule has 0 bridgehead atoms. The van der Waals surface area contributed by atoms with Crippen LogP contribution in [0.5, 0.6) is 0 Å². The van der Waals surface area contributed by atoms with Crippen LogP contribution >= 0.6 is 11.3 Å². The molecule has 9 heteroatoms. The molecular weight excluding hydrogens is 400 g/mol. The summed E-state index contributed by atoms with van der Waals surface area (Å²) in [6, 6.07) is 7.08. The van der Waals surface area contributed by atoms with Crippen LogP contribution in [-0.2, 0) is 21.3 Å². The summed E-state index contributed by atoms with van der Waals surface area (Å²) in [6.07, 6.45) is 5.24. The van der Waals surface area contributed by atoms with Gasteiger partial charge in [-0.2, -0.15) is 0 Å². The number of carboxylic acid groups (broad SMARTS) is 1. The van der Waals surface area contributed by atoms with Gasteiger partial charge in [0.25, 0.3) is 0 Å². The molecule has 1 saturated carbocycles. The molecule has 28 heavy (non-hydrogen) atoms. The minimum absolute atomic E-state index is 0.0216. The fourth-order valence-electron chi connectivity index (χ4n) is 3.60. The molecule has 0 radical (unpaired) electrons. The third-order valence-electron chi connectivity index (χ3n) is 5.01. The van der Waals surface area contributed by atoms with Gasteiger partial charge in [0.2, 0.25) is 5.91 Å². The molecular formula is C19H22N2O5S2. The summed E-state index contributed by atoms with van der Waals surface area (Å²) in [4.78, 5) is 27.9. The third-order valence-corrected chi connectivity index (χ3v) is 6.39. The monoisotopic (exact) mass is 422 g/mol. The SMILES string of the molecule is O=C(O)c1csc(NC(=O)C(CC2CCCC2)c2ccc(C[SH](=O)=O)cc2)n1. The van der Waals surface area contributed by atoms with Crippen molar-refractivity contribution in [2.75, 3.05) is 5.32 Å². The smallest absolute Gasteiger partial charge is 0.355 e. The number of carboxylic acids is 1. The van der Waals surface area contributed by atoms with Gasteiger partial charge in [-0.1, -0.05) is 49.9 Å². The Balaban J connectivity index is 1.78. The summed E-state index contributed by atoms with van der Waals surface area (Å²) >= 11 is 1.08. The molecule has 2 N–H and O–H groups in total. The Hall–Kier alpha value is -2.26. The summed E-state index contributed by atoms with van der Waals surface area (Å²) in [6.45, 7) is 0. The lowest BCUT2D eigenvalue weighted by Gasteiger charge is -2.20. The van der Waals surface area contributed by atoms with E-state index in [4.69, 9.17) is 5.11 Å². The number of amides is 1. The number of nitrogens with one attached hydrogen (secondary N) is 1. The van der Waals surface area contributed by atoms with E-state index in [0.29, 0.717) is 17.9 Å². The van der Waals surface area contributed by atoms with Gasteiger partial charge in [0.1, 0.15) is 10.7 Å². The van der Waals surface area contributed by atoms with Gasteiger partial charge in [0.15, 0.2) is 10.8 Å². The van der Waals surface area contributed by atoms with Crippen LogP contribution in [0.4, 0.5) is 5.13 Å². The average molecular weight is 423 g/mol. The number of thiol groups is 1. The van der Waals surface area contributed by atoms with E-state index >= 15 is 0 Å². The van der Waals surface area contributed by atoms with E-state index in [1.807, 2.05) is 0 Å². The van der Waals surface area contributed by atoms with E-state index in [1.165, 1.54) is 18.2 Å². The molecule has 150 valence electrons. The van der Waals surface area contributed by atoms with Gasteiger partial charge < -0.3 is 10.4 Å². The lowest BCUT2D eigenvalue weighted by molar-refractivity contribution is -0.118. The summed E-state index contributed by atoms with van der Waals surface area (Å²) in [5.41, 5.74) is 1.42. The highest BCUT2D eigenvalue weighted by atomic mass is 32.2. The molecule has 0 saturated heterocycles. The first-order valence-corrected chi connectivity index (χ1v) is 11.4. The molecule has 1 atom stereocenters. The Morgan fingerprint density at radius 1 is 1.21 bits per heavy atom. The average Bonchev–Trinajstić information content (AvgIpc) is 3.32. The number of hydrogen-bond donors (Lipinski definition) is 3. The quantitative estimate of drug-likeness (QED) is 0.563. The van der Waals surface area contributed by atoms with Crippen molar-refractivity contribution in [2.45, 2.75) is 43.8 Å². The van der Waals surface area contributed by atoms with Crippen LogP contribution in [0.15, 0.2) is 29.6 Å². The summed E-state index contributed by atoms with van der Waals surface area (Å²) in [7, 11) is -2.50. The van der Waals surface area contributed by atoms with E-state index in [-0.39, 0.29) is 22.5 Å². The minimum Gasteiger partial charge on any atom is -0.476 e. The van der Waals surface area contributed by atoms with Crippen LogP contribution in [0.1, 0.15) is 59.6 Å². The van der Waals surface area contributed by atoms with Gasteiger partial charge in [-0.3, -0.25) is 4.79 Å². The standard InChI is InChI=1S/C19H22N2O5S2/c22-17(21-19-20-16(10-27-19)18(23)24)15(9-12-3-1-2-4-12)14-7-5-13(6-8-14)11-28(25)26/h5-8,10,12,15,28H,1-4,9,11H2,(H,23,24)(H,20,21,22). The molecule has 1 aromatic carbocycles. The highest BCUT2D eigenvalue weighted by Gasteiger charge is 2.27. The van der Waals surface area contributed by atoms with Crippen LogP contribution in [0.25, 0.3) is 0 Å². The number of aromatic nitrogens is 1. The summed E-state index contributed by atoms with van der Waals surface area (Å²) < 4.78 is 21.8. The Morgan fingerprint density at radius 3 is 2.46 bits per heavy atom. The molecule has 1 amide bonds. The Labute approximate surface area is 168 Å². The maximum atomic E-state index is 13.0. The van der Waals surface area contributed by atoms with Gasteiger partial charge in [-0.25, -0.2) is 18.2 Å². The largest absolute Gasteiger partial charge is 0.476 e. The Kier molecular flexibility index (Phi) is 6.79. The lowest BCUT2D eigenvalue weighted by atomic mass is 9.87. The molecule has 3 rings (SSSR count). The predicted molar refractivity (Wildman–Crippen MR) is 107 cm³/mol. The second-order valence-corrected chi connectivity index (χ2v) is 8.84. The van der Waals surface area contributed by atoms with Crippen molar-refractivity contribution in [3.8, 4) is 0 Å². The van der Waals surface area contributed by atoms with Gasteiger partial charge in [-0.15, -0.1) is 11.3 Å². The van der Waals surface area contributed by atoms with Gasteiger partial charge >= 0.3 is 5.97 Å². The predicted octanol–water partition coefficient (Wildman–Crippen LogP) is 3.26. The number of carbonyl (C=O) groups excluding carboxylic acids is 1. The highest BCUT2D eigenvalue weighted by molar-refractivity contribution is 7.71. The molecule has 1 aliphatic carbocycles. The van der Waals surface area contributed by atoms with E-state index in [9.17, 15) is 18.0 Å². The van der Waals surface area contributed by atoms with E-state index < -0.39 is 22.6 Å². The number of carbonyl (C=O) groups is 2. The molecule has 7 nitrogen and oxygen atoms in total. The molecule has 0 spiro atoms. The maximum Gasteiger partial charge on any atom is 0.355 e. The maximum absolute atomic E-state index is 13.0. The van der Waals surface area contributed by atoms with Crippen molar-refractivity contribution in [3.05, 3.63) is 46.5 Å². The van der Waals surface area contributed by atoms with E-state index in [0.717, 1.165) is 29.7 Å². The van der Waals surface area contributed by atoms with Crippen LogP contribution in [0.2, 0.25) is 0 Å². The van der Waals surface area contributed by atoms with Gasteiger partial charge in [-0.05, 0) is 23.5 Å². The van der Waals surface area contributed by atoms with Crippen molar-refractivity contribution >= 4 is 39.0 Å².